The quantitative estimate of drug-likeness (QED) is 0.243. The first-order chi connectivity index (χ1) is 21.9. The Balaban J connectivity index is 1.14. The van der Waals surface area contributed by atoms with Gasteiger partial charge in [0.15, 0.2) is 0 Å². The number of piperidine rings is 1. The Morgan fingerprint density at radius 3 is 2.11 bits per heavy atom. The lowest BCUT2D eigenvalue weighted by molar-refractivity contribution is -0.0302. The first-order valence-electron chi connectivity index (χ1n) is 15.0. The van der Waals surface area contributed by atoms with Crippen LogP contribution in [0.15, 0.2) is 103 Å². The van der Waals surface area contributed by atoms with E-state index in [9.17, 15) is 18.4 Å². The molecule has 8 nitrogen and oxygen atoms in total. The van der Waals surface area contributed by atoms with E-state index >= 15 is 0 Å². The molecular formula is C35H34F2N4O4. The van der Waals surface area contributed by atoms with E-state index in [1.807, 2.05) is 30.3 Å². The van der Waals surface area contributed by atoms with Gasteiger partial charge in [0.05, 0.1) is 23.8 Å². The minimum atomic E-state index is -0.616. The number of halogens is 2. The Morgan fingerprint density at radius 2 is 1.40 bits per heavy atom. The van der Waals surface area contributed by atoms with E-state index in [-0.39, 0.29) is 24.1 Å². The molecule has 2 amide bonds. The molecule has 1 N–H and O–H groups in total. The lowest BCUT2D eigenvalue weighted by atomic mass is 9.98. The van der Waals surface area contributed by atoms with Crippen LogP contribution >= 0.6 is 0 Å². The van der Waals surface area contributed by atoms with Gasteiger partial charge in [0.25, 0.3) is 0 Å². The monoisotopic (exact) mass is 612 g/mol. The van der Waals surface area contributed by atoms with Gasteiger partial charge in [-0.3, -0.25) is 4.90 Å². The van der Waals surface area contributed by atoms with Crippen LogP contribution < -0.4 is 15.0 Å². The van der Waals surface area contributed by atoms with Crippen LogP contribution in [0.2, 0.25) is 0 Å². The number of nitrogens with one attached hydrogen (secondary N) is 1. The molecule has 0 unspecified atom stereocenters. The fraction of sp³-hybridized carbons (Fsp3) is 0.257. The Kier molecular flexibility index (Phi) is 9.21. The lowest BCUT2D eigenvalue weighted by Crippen LogP contribution is -2.60. The molecule has 0 radical (unpaired) electrons. The summed E-state index contributed by atoms with van der Waals surface area (Å²) in [4.78, 5) is 32.6. The third-order valence-electron chi connectivity index (χ3n) is 8.23. The number of carbonyl (C=O) groups is 2. The van der Waals surface area contributed by atoms with Gasteiger partial charge in [-0.25, -0.2) is 18.4 Å². The van der Waals surface area contributed by atoms with Gasteiger partial charge in [-0.05, 0) is 79.2 Å². The third kappa shape index (κ3) is 7.41. The maximum absolute atomic E-state index is 14.2. The summed E-state index contributed by atoms with van der Waals surface area (Å²) in [6.45, 7) is 3.45. The highest BCUT2D eigenvalue weighted by Gasteiger charge is 2.39. The van der Waals surface area contributed by atoms with Crippen molar-refractivity contribution in [2.45, 2.75) is 18.6 Å². The number of nitrogens with zero attached hydrogens (tertiary/aromatic N) is 3. The normalized spacial score (nSPS) is 18.7. The molecule has 2 heterocycles. The highest BCUT2D eigenvalue weighted by Crippen LogP contribution is 2.26. The molecule has 6 rings (SSSR count). The number of benzene rings is 4. The van der Waals surface area contributed by atoms with E-state index in [1.165, 1.54) is 24.3 Å². The van der Waals surface area contributed by atoms with Crippen LogP contribution in [0.1, 0.15) is 16.8 Å². The Labute approximate surface area is 260 Å². The number of ether oxygens (including phenoxy) is 2. The molecule has 0 bridgehead atoms. The third-order valence-corrected chi connectivity index (χ3v) is 8.23. The number of rotatable bonds is 7. The standard InChI is InChI=1S/C35H34F2N4O4/c36-26-12-14-27(15-13-26)39-20-22-40(23-21-39)32-18-19-41(35(43)38-31-9-5-4-8-30(31)37)24-33(32)45-34(42)25-10-16-29(17-11-25)44-28-6-2-1-3-7-28/h1-17,32-33H,18-24H2,(H,38,43)/t32-,33-/m1/s1. The van der Waals surface area contributed by atoms with E-state index in [4.69, 9.17) is 9.47 Å². The number of anilines is 2. The second-order valence-electron chi connectivity index (χ2n) is 11.1. The summed E-state index contributed by atoms with van der Waals surface area (Å²) < 4.78 is 39.6. The number of hydrogen-bond acceptors (Lipinski definition) is 6. The van der Waals surface area contributed by atoms with Gasteiger partial charge in [-0.1, -0.05) is 30.3 Å². The largest absolute Gasteiger partial charge is 0.457 e. The molecule has 4 aromatic rings. The molecule has 2 aliphatic heterocycles. The van der Waals surface area contributed by atoms with Crippen LogP contribution in [0, 0.1) is 11.6 Å². The van der Waals surface area contributed by atoms with Crippen molar-refractivity contribution in [2.75, 3.05) is 49.5 Å². The van der Waals surface area contributed by atoms with E-state index in [0.717, 1.165) is 18.8 Å². The molecule has 0 aromatic heterocycles. The average molecular weight is 613 g/mol. The summed E-state index contributed by atoms with van der Waals surface area (Å²) in [5.74, 6) is -0.0272. The van der Waals surface area contributed by atoms with Crippen LogP contribution in [0.5, 0.6) is 11.5 Å². The second kappa shape index (κ2) is 13.8. The number of amides is 2. The van der Waals surface area contributed by atoms with E-state index in [0.29, 0.717) is 43.1 Å². The Bertz CT molecular complexity index is 1600. The highest BCUT2D eigenvalue weighted by atomic mass is 19.1. The van der Waals surface area contributed by atoms with Crippen molar-refractivity contribution in [1.29, 1.82) is 0 Å². The molecular weight excluding hydrogens is 578 g/mol. The zero-order valence-corrected chi connectivity index (χ0v) is 24.6. The zero-order chi connectivity index (χ0) is 31.2. The van der Waals surface area contributed by atoms with Gasteiger partial charge in [0, 0.05) is 38.4 Å². The molecule has 232 valence electrons. The lowest BCUT2D eigenvalue weighted by Gasteiger charge is -2.46. The molecule has 2 aliphatic rings. The molecule has 0 saturated carbocycles. The fourth-order valence-electron chi connectivity index (χ4n) is 5.83. The van der Waals surface area contributed by atoms with Crippen LogP contribution in [0.25, 0.3) is 0 Å². The predicted molar refractivity (Wildman–Crippen MR) is 168 cm³/mol. The molecule has 45 heavy (non-hydrogen) atoms. The van der Waals surface area contributed by atoms with Gasteiger partial charge < -0.3 is 24.6 Å². The van der Waals surface area contributed by atoms with Crippen molar-refractivity contribution in [2.24, 2.45) is 0 Å². The number of esters is 1. The van der Waals surface area contributed by atoms with Gasteiger partial charge in [0.1, 0.15) is 29.2 Å². The molecule has 2 atom stereocenters. The second-order valence-corrected chi connectivity index (χ2v) is 11.1. The molecule has 2 fully saturated rings. The summed E-state index contributed by atoms with van der Waals surface area (Å²) in [6.07, 6.45) is -0.0431. The molecule has 10 heteroatoms. The Hall–Kier alpha value is -4.96. The topological polar surface area (TPSA) is 74.4 Å². The Morgan fingerprint density at radius 1 is 0.733 bits per heavy atom. The number of para-hydroxylation sites is 2. The molecule has 2 saturated heterocycles. The molecule has 0 aliphatic carbocycles. The van der Waals surface area contributed by atoms with Crippen molar-refractivity contribution in [3.05, 3.63) is 120 Å². The first kappa shape index (κ1) is 30.1. The number of urea groups is 1. The van der Waals surface area contributed by atoms with Gasteiger partial charge >= 0.3 is 12.0 Å². The van der Waals surface area contributed by atoms with Crippen molar-refractivity contribution < 1.29 is 27.8 Å². The molecule has 0 spiro atoms. The number of hydrogen-bond donors (Lipinski definition) is 1. The maximum atomic E-state index is 14.2. The minimum Gasteiger partial charge on any atom is -0.457 e. The smallest absolute Gasteiger partial charge is 0.338 e. The van der Waals surface area contributed by atoms with Crippen molar-refractivity contribution in [3.8, 4) is 11.5 Å². The van der Waals surface area contributed by atoms with Crippen LogP contribution in [0.3, 0.4) is 0 Å². The summed E-state index contributed by atoms with van der Waals surface area (Å²) in [5, 5.41) is 2.64. The summed E-state index contributed by atoms with van der Waals surface area (Å²) in [5.41, 5.74) is 1.41. The van der Waals surface area contributed by atoms with Crippen molar-refractivity contribution >= 4 is 23.4 Å². The average Bonchev–Trinajstić information content (AvgIpc) is 3.07. The summed E-state index contributed by atoms with van der Waals surface area (Å²) in [7, 11) is 0. The van der Waals surface area contributed by atoms with Crippen LogP contribution in [-0.4, -0.2) is 73.2 Å². The van der Waals surface area contributed by atoms with Crippen LogP contribution in [-0.2, 0) is 4.74 Å². The summed E-state index contributed by atoms with van der Waals surface area (Å²) >= 11 is 0. The zero-order valence-electron chi connectivity index (χ0n) is 24.6. The van der Waals surface area contributed by atoms with Crippen molar-refractivity contribution in [3.63, 3.8) is 0 Å². The maximum Gasteiger partial charge on any atom is 0.338 e. The molecule has 4 aromatic carbocycles. The first-order valence-corrected chi connectivity index (χ1v) is 15.0. The van der Waals surface area contributed by atoms with E-state index < -0.39 is 23.9 Å². The predicted octanol–water partition coefficient (Wildman–Crippen LogP) is 6.41. The van der Waals surface area contributed by atoms with Crippen molar-refractivity contribution in [1.82, 2.24) is 9.80 Å². The number of piperazine rings is 1. The van der Waals surface area contributed by atoms with Crippen LogP contribution in [0.4, 0.5) is 25.0 Å². The fourth-order valence-corrected chi connectivity index (χ4v) is 5.83. The minimum absolute atomic E-state index is 0.0906. The van der Waals surface area contributed by atoms with Gasteiger partial charge in [0.2, 0.25) is 0 Å². The summed E-state index contributed by atoms with van der Waals surface area (Å²) in [6, 6.07) is 28.0. The number of carbonyl (C=O) groups excluding carboxylic acids is 2. The van der Waals surface area contributed by atoms with E-state index in [1.54, 1.807) is 53.4 Å². The SMILES string of the molecule is O=C(O[C@@H]1CN(C(=O)Nc2ccccc2F)CC[C@H]1N1CCN(c2ccc(F)cc2)CC1)c1ccc(Oc2ccccc2)cc1. The van der Waals surface area contributed by atoms with E-state index in [2.05, 4.69) is 15.1 Å². The van der Waals surface area contributed by atoms with Gasteiger partial charge in [-0.2, -0.15) is 0 Å². The highest BCUT2D eigenvalue weighted by molar-refractivity contribution is 5.90. The number of likely N-dealkylation sites (tertiary alicyclic amines) is 1. The van der Waals surface area contributed by atoms with Gasteiger partial charge in [-0.15, -0.1) is 0 Å².